The van der Waals surface area contributed by atoms with Gasteiger partial charge in [-0.3, -0.25) is 14.3 Å². The van der Waals surface area contributed by atoms with Crippen molar-refractivity contribution in [2.24, 2.45) is 7.05 Å². The summed E-state index contributed by atoms with van der Waals surface area (Å²) in [4.78, 5) is 28.3. The van der Waals surface area contributed by atoms with Gasteiger partial charge in [-0.25, -0.2) is 4.39 Å². The zero-order valence-corrected chi connectivity index (χ0v) is 14.8. The van der Waals surface area contributed by atoms with Gasteiger partial charge in [0.25, 0.3) is 11.8 Å². The van der Waals surface area contributed by atoms with E-state index in [-0.39, 0.29) is 16.5 Å². The third kappa shape index (κ3) is 3.37. The first-order chi connectivity index (χ1) is 11.9. The Bertz CT molecular complexity index is 808. The topological polar surface area (TPSA) is 58.4 Å². The molecular weight excluding hydrogens is 347 g/mol. The van der Waals surface area contributed by atoms with Crippen LogP contribution in [-0.4, -0.2) is 57.6 Å². The summed E-state index contributed by atoms with van der Waals surface area (Å²) in [6.07, 6.45) is 0. The van der Waals surface area contributed by atoms with E-state index in [0.717, 1.165) is 5.69 Å². The number of nitrogens with zero attached hydrogens (tertiary/aromatic N) is 4. The monoisotopic (exact) mass is 364 g/mol. The number of piperazine rings is 1. The lowest BCUT2D eigenvalue weighted by atomic mass is 10.1. The number of rotatable bonds is 2. The van der Waals surface area contributed by atoms with Gasteiger partial charge in [0.05, 0.1) is 16.3 Å². The second kappa shape index (κ2) is 6.84. The molecule has 1 aliphatic heterocycles. The summed E-state index contributed by atoms with van der Waals surface area (Å²) in [5.74, 6) is -1.22. The number of aryl methyl sites for hydroxylation is 2. The van der Waals surface area contributed by atoms with Crippen LogP contribution in [0.1, 0.15) is 26.5 Å². The number of benzene rings is 1. The number of amides is 2. The fraction of sp³-hybridized carbons (Fsp3) is 0.353. The molecule has 0 radical (unpaired) electrons. The molecule has 3 rings (SSSR count). The van der Waals surface area contributed by atoms with Crippen LogP contribution in [0, 0.1) is 12.7 Å². The van der Waals surface area contributed by atoms with Gasteiger partial charge in [0.2, 0.25) is 0 Å². The van der Waals surface area contributed by atoms with Crippen LogP contribution in [0.2, 0.25) is 5.02 Å². The minimum Gasteiger partial charge on any atom is -0.335 e. The maximum Gasteiger partial charge on any atom is 0.272 e. The van der Waals surface area contributed by atoms with Gasteiger partial charge < -0.3 is 9.80 Å². The molecule has 2 aromatic rings. The first kappa shape index (κ1) is 17.4. The van der Waals surface area contributed by atoms with Crippen LogP contribution in [-0.2, 0) is 7.05 Å². The zero-order valence-electron chi connectivity index (χ0n) is 14.0. The minimum atomic E-state index is -0.638. The second-order valence-corrected chi connectivity index (χ2v) is 6.38. The molecule has 0 bridgehead atoms. The first-order valence-corrected chi connectivity index (χ1v) is 8.29. The molecule has 0 saturated carbocycles. The molecule has 0 aliphatic carbocycles. The van der Waals surface area contributed by atoms with E-state index in [1.807, 2.05) is 6.92 Å². The highest BCUT2D eigenvalue weighted by Gasteiger charge is 2.29. The standard InChI is InChI=1S/C17H18ClFN4O2/c1-11-10-14(21(2)20-11)16(24)22-6-8-23(9-7-22)17(25)15-12(18)4-3-5-13(15)19/h3-5,10H,6-9H2,1-2H3. The average molecular weight is 365 g/mol. The van der Waals surface area contributed by atoms with E-state index in [0.29, 0.717) is 31.9 Å². The fourth-order valence-electron chi connectivity index (χ4n) is 2.95. The molecule has 0 unspecified atom stereocenters. The molecule has 1 fully saturated rings. The van der Waals surface area contributed by atoms with Gasteiger partial charge in [0, 0.05) is 33.2 Å². The third-order valence-corrected chi connectivity index (χ3v) is 4.57. The molecule has 0 N–H and O–H groups in total. The summed E-state index contributed by atoms with van der Waals surface area (Å²) in [5.41, 5.74) is 1.16. The van der Waals surface area contributed by atoms with Crippen molar-refractivity contribution in [3.63, 3.8) is 0 Å². The van der Waals surface area contributed by atoms with Gasteiger partial charge in [0.1, 0.15) is 11.5 Å². The highest BCUT2D eigenvalue weighted by Crippen LogP contribution is 2.21. The maximum atomic E-state index is 13.9. The van der Waals surface area contributed by atoms with Gasteiger partial charge in [0.15, 0.2) is 0 Å². The van der Waals surface area contributed by atoms with Gasteiger partial charge in [-0.15, -0.1) is 0 Å². The van der Waals surface area contributed by atoms with Crippen LogP contribution in [0.3, 0.4) is 0 Å². The Balaban J connectivity index is 1.69. The largest absolute Gasteiger partial charge is 0.335 e. The lowest BCUT2D eigenvalue weighted by molar-refractivity contribution is 0.0527. The fourth-order valence-corrected chi connectivity index (χ4v) is 3.19. The van der Waals surface area contributed by atoms with Crippen molar-refractivity contribution in [2.75, 3.05) is 26.2 Å². The van der Waals surface area contributed by atoms with Crippen molar-refractivity contribution in [1.29, 1.82) is 0 Å². The van der Waals surface area contributed by atoms with E-state index in [4.69, 9.17) is 11.6 Å². The molecule has 1 aliphatic rings. The number of aromatic nitrogens is 2. The van der Waals surface area contributed by atoms with E-state index in [2.05, 4.69) is 5.10 Å². The van der Waals surface area contributed by atoms with E-state index in [9.17, 15) is 14.0 Å². The Hall–Kier alpha value is -2.41. The molecule has 0 atom stereocenters. The van der Waals surface area contributed by atoms with E-state index >= 15 is 0 Å². The van der Waals surface area contributed by atoms with Gasteiger partial charge in [-0.1, -0.05) is 17.7 Å². The molecule has 6 nitrogen and oxygen atoms in total. The van der Waals surface area contributed by atoms with Gasteiger partial charge in [-0.05, 0) is 25.1 Å². The van der Waals surface area contributed by atoms with Crippen LogP contribution in [0.15, 0.2) is 24.3 Å². The summed E-state index contributed by atoms with van der Waals surface area (Å²) >= 11 is 5.96. The Kier molecular flexibility index (Phi) is 4.76. The summed E-state index contributed by atoms with van der Waals surface area (Å²) < 4.78 is 15.5. The molecule has 25 heavy (non-hydrogen) atoms. The SMILES string of the molecule is Cc1cc(C(=O)N2CCN(C(=O)c3c(F)cccc3Cl)CC2)n(C)n1. The van der Waals surface area contributed by atoms with Crippen molar-refractivity contribution in [3.05, 3.63) is 52.1 Å². The van der Waals surface area contributed by atoms with Crippen LogP contribution < -0.4 is 0 Å². The lowest BCUT2D eigenvalue weighted by Gasteiger charge is -2.34. The first-order valence-electron chi connectivity index (χ1n) is 7.91. The second-order valence-electron chi connectivity index (χ2n) is 5.98. The predicted molar refractivity (Wildman–Crippen MR) is 91.2 cm³/mol. The van der Waals surface area contributed by atoms with Crippen molar-refractivity contribution in [3.8, 4) is 0 Å². The van der Waals surface area contributed by atoms with Gasteiger partial charge in [-0.2, -0.15) is 5.10 Å². The highest BCUT2D eigenvalue weighted by molar-refractivity contribution is 6.33. The quantitative estimate of drug-likeness (QED) is 0.820. The Morgan fingerprint density at radius 3 is 2.24 bits per heavy atom. The number of halogens is 2. The van der Waals surface area contributed by atoms with E-state index in [1.165, 1.54) is 23.1 Å². The van der Waals surface area contributed by atoms with Crippen LogP contribution >= 0.6 is 11.6 Å². The van der Waals surface area contributed by atoms with Crippen molar-refractivity contribution >= 4 is 23.4 Å². The minimum absolute atomic E-state index is 0.0915. The summed E-state index contributed by atoms with van der Waals surface area (Å²) in [5, 5.41) is 4.27. The Labute approximate surface area is 149 Å². The molecule has 2 amide bonds. The van der Waals surface area contributed by atoms with E-state index < -0.39 is 11.7 Å². The molecule has 1 aromatic heterocycles. The molecular formula is C17H18ClFN4O2. The molecule has 1 saturated heterocycles. The normalized spacial score (nSPS) is 14.7. The van der Waals surface area contributed by atoms with E-state index in [1.54, 1.807) is 22.7 Å². The Morgan fingerprint density at radius 1 is 1.12 bits per heavy atom. The summed E-state index contributed by atoms with van der Waals surface area (Å²) in [6.45, 7) is 3.23. The number of carbonyl (C=O) groups excluding carboxylic acids is 2. The molecule has 132 valence electrons. The van der Waals surface area contributed by atoms with Crippen molar-refractivity contribution in [2.45, 2.75) is 6.92 Å². The Morgan fingerprint density at radius 2 is 1.72 bits per heavy atom. The molecule has 0 spiro atoms. The number of hydrogen-bond acceptors (Lipinski definition) is 3. The molecule has 2 heterocycles. The van der Waals surface area contributed by atoms with Gasteiger partial charge >= 0.3 is 0 Å². The molecule has 1 aromatic carbocycles. The maximum absolute atomic E-state index is 13.9. The summed E-state index contributed by atoms with van der Waals surface area (Å²) in [7, 11) is 1.72. The number of hydrogen-bond donors (Lipinski definition) is 0. The van der Waals surface area contributed by atoms with Crippen molar-refractivity contribution < 1.29 is 14.0 Å². The van der Waals surface area contributed by atoms with Crippen LogP contribution in [0.5, 0.6) is 0 Å². The van der Waals surface area contributed by atoms with Crippen molar-refractivity contribution in [1.82, 2.24) is 19.6 Å². The number of carbonyl (C=O) groups is 2. The summed E-state index contributed by atoms with van der Waals surface area (Å²) in [6, 6.07) is 5.89. The predicted octanol–water partition coefficient (Wildman–Crippen LogP) is 2.12. The van der Waals surface area contributed by atoms with Crippen LogP contribution in [0.4, 0.5) is 4.39 Å². The van der Waals surface area contributed by atoms with Crippen LogP contribution in [0.25, 0.3) is 0 Å². The average Bonchev–Trinajstić information content (AvgIpc) is 2.92. The third-order valence-electron chi connectivity index (χ3n) is 4.25. The highest BCUT2D eigenvalue weighted by atomic mass is 35.5. The zero-order chi connectivity index (χ0) is 18.1. The smallest absolute Gasteiger partial charge is 0.272 e. The lowest BCUT2D eigenvalue weighted by Crippen LogP contribution is -2.51. The molecule has 8 heteroatoms.